The molecule has 2 fully saturated rings. The van der Waals surface area contributed by atoms with Crippen LogP contribution in [0.2, 0.25) is 0 Å². The Hall–Kier alpha value is -0.850. The molecule has 0 spiro atoms. The van der Waals surface area contributed by atoms with Crippen LogP contribution in [0.1, 0.15) is 24.4 Å². The summed E-state index contributed by atoms with van der Waals surface area (Å²) < 4.78 is 0. The highest BCUT2D eigenvalue weighted by Gasteiger charge is 2.30. The summed E-state index contributed by atoms with van der Waals surface area (Å²) >= 11 is 0. The Balaban J connectivity index is 0.00000156. The molecule has 0 aliphatic carbocycles. The molecule has 0 unspecified atom stereocenters. The molecule has 0 radical (unpaired) electrons. The Bertz CT molecular complexity index is 515. The van der Waals surface area contributed by atoms with Gasteiger partial charge in [0, 0.05) is 32.2 Å². The molecule has 142 valence electrons. The fourth-order valence-electron chi connectivity index (χ4n) is 3.67. The van der Waals surface area contributed by atoms with Gasteiger partial charge in [-0.1, -0.05) is 30.3 Å². The molecule has 7 heteroatoms. The van der Waals surface area contributed by atoms with Crippen molar-refractivity contribution in [1.82, 2.24) is 14.7 Å². The summed E-state index contributed by atoms with van der Waals surface area (Å²) in [7, 11) is 2.19. The average molecular weight is 389 g/mol. The number of rotatable bonds is 3. The summed E-state index contributed by atoms with van der Waals surface area (Å²) in [4.78, 5) is 19.5. The summed E-state index contributed by atoms with van der Waals surface area (Å²) in [6, 6.07) is 9.81. The second-order valence-corrected chi connectivity index (χ2v) is 6.78. The van der Waals surface area contributed by atoms with Crippen LogP contribution < -0.4 is 5.73 Å². The van der Waals surface area contributed by atoms with E-state index in [1.807, 2.05) is 35.2 Å². The summed E-state index contributed by atoms with van der Waals surface area (Å²) in [6.45, 7) is 5.91. The lowest BCUT2D eigenvalue weighted by Crippen LogP contribution is -2.55. The maximum absolute atomic E-state index is 12.6. The smallest absolute Gasteiger partial charge is 0.244 e. The summed E-state index contributed by atoms with van der Waals surface area (Å²) in [5, 5.41) is 0. The molecule has 25 heavy (non-hydrogen) atoms. The largest absolute Gasteiger partial charge is 0.338 e. The van der Waals surface area contributed by atoms with E-state index in [-0.39, 0.29) is 30.7 Å². The number of nitrogens with zero attached hydrogens (tertiary/aromatic N) is 3. The molecule has 2 saturated heterocycles. The van der Waals surface area contributed by atoms with Gasteiger partial charge in [0.1, 0.15) is 6.04 Å². The van der Waals surface area contributed by atoms with Crippen molar-refractivity contribution in [2.24, 2.45) is 5.73 Å². The van der Waals surface area contributed by atoms with Gasteiger partial charge in [-0.25, -0.2) is 0 Å². The van der Waals surface area contributed by atoms with Crippen molar-refractivity contribution in [2.45, 2.75) is 24.9 Å². The molecule has 2 N–H and O–H groups in total. The molecule has 1 amide bonds. The number of piperazine rings is 1. The third-order valence-corrected chi connectivity index (χ3v) is 5.26. The molecule has 0 saturated carbocycles. The van der Waals surface area contributed by atoms with Crippen LogP contribution in [0.5, 0.6) is 0 Å². The van der Waals surface area contributed by atoms with E-state index in [2.05, 4.69) is 16.8 Å². The van der Waals surface area contributed by atoms with E-state index >= 15 is 0 Å². The maximum Gasteiger partial charge on any atom is 0.244 e. The zero-order valence-corrected chi connectivity index (χ0v) is 16.5. The third-order valence-electron chi connectivity index (χ3n) is 5.26. The molecule has 0 aromatic heterocycles. The van der Waals surface area contributed by atoms with Gasteiger partial charge in [0.05, 0.1) is 0 Å². The first-order valence-corrected chi connectivity index (χ1v) is 8.67. The summed E-state index contributed by atoms with van der Waals surface area (Å²) in [5.74, 6) is 0.0548. The molecule has 2 aliphatic heterocycles. The molecule has 1 aromatic carbocycles. The van der Waals surface area contributed by atoms with E-state index in [4.69, 9.17) is 5.73 Å². The van der Waals surface area contributed by atoms with Gasteiger partial charge in [0.2, 0.25) is 5.91 Å². The zero-order chi connectivity index (χ0) is 16.2. The van der Waals surface area contributed by atoms with Crippen molar-refractivity contribution in [3.63, 3.8) is 0 Å². The molecule has 3 rings (SSSR count). The van der Waals surface area contributed by atoms with E-state index in [0.717, 1.165) is 31.7 Å². The van der Waals surface area contributed by atoms with Crippen LogP contribution in [-0.4, -0.2) is 73.0 Å². The number of amides is 1. The predicted octanol–water partition coefficient (Wildman–Crippen LogP) is 1.77. The highest BCUT2D eigenvalue weighted by Crippen LogP contribution is 2.19. The molecular weight excluding hydrogens is 359 g/mol. The maximum atomic E-state index is 12.6. The summed E-state index contributed by atoms with van der Waals surface area (Å²) in [6.07, 6.45) is 2.49. The fraction of sp³-hybridized carbons (Fsp3) is 0.611. The van der Waals surface area contributed by atoms with Crippen LogP contribution in [0, 0.1) is 0 Å². The van der Waals surface area contributed by atoms with Crippen LogP contribution in [0.15, 0.2) is 30.3 Å². The second kappa shape index (κ2) is 10.3. The number of likely N-dealkylation sites (tertiary alicyclic amines) is 1. The number of nitrogens with two attached hydrogens (primary N) is 1. The van der Waals surface area contributed by atoms with Gasteiger partial charge in [-0.3, -0.25) is 9.69 Å². The number of hydrogen-bond acceptors (Lipinski definition) is 4. The highest BCUT2D eigenvalue weighted by atomic mass is 35.5. The number of piperidine rings is 1. The Morgan fingerprint density at radius 2 is 1.56 bits per heavy atom. The monoisotopic (exact) mass is 388 g/mol. The van der Waals surface area contributed by atoms with E-state index < -0.39 is 6.04 Å². The van der Waals surface area contributed by atoms with Gasteiger partial charge in [-0.15, -0.1) is 24.8 Å². The van der Waals surface area contributed by atoms with Crippen LogP contribution in [-0.2, 0) is 4.79 Å². The first-order valence-electron chi connectivity index (χ1n) is 8.67. The Morgan fingerprint density at radius 3 is 2.12 bits per heavy atom. The lowest BCUT2D eigenvalue weighted by Gasteiger charge is -2.42. The number of benzene rings is 1. The van der Waals surface area contributed by atoms with Crippen molar-refractivity contribution >= 4 is 30.7 Å². The SMILES string of the molecule is CN1CCC(N2CCN(C(=O)[C@H](N)c3ccccc3)CC2)CC1.Cl.Cl. The second-order valence-electron chi connectivity index (χ2n) is 6.78. The normalized spacial score (nSPS) is 21.1. The molecule has 1 aromatic rings. The van der Waals surface area contributed by atoms with E-state index in [1.54, 1.807) is 0 Å². The van der Waals surface area contributed by atoms with Gasteiger partial charge < -0.3 is 15.5 Å². The highest BCUT2D eigenvalue weighted by molar-refractivity contribution is 5.85. The zero-order valence-electron chi connectivity index (χ0n) is 14.8. The Morgan fingerprint density at radius 1 is 1.00 bits per heavy atom. The van der Waals surface area contributed by atoms with E-state index in [9.17, 15) is 4.79 Å². The topological polar surface area (TPSA) is 52.8 Å². The number of carbonyl (C=O) groups is 1. The van der Waals surface area contributed by atoms with Crippen molar-refractivity contribution in [3.8, 4) is 0 Å². The molecule has 2 heterocycles. The first kappa shape index (κ1) is 22.2. The van der Waals surface area contributed by atoms with Crippen LogP contribution in [0.4, 0.5) is 0 Å². The van der Waals surface area contributed by atoms with Gasteiger partial charge in [0.15, 0.2) is 0 Å². The van der Waals surface area contributed by atoms with Crippen molar-refractivity contribution in [2.75, 3.05) is 46.3 Å². The summed E-state index contributed by atoms with van der Waals surface area (Å²) in [5.41, 5.74) is 7.05. The minimum absolute atomic E-state index is 0. The molecular formula is C18H30Cl2N4O. The van der Waals surface area contributed by atoms with Gasteiger partial charge >= 0.3 is 0 Å². The van der Waals surface area contributed by atoms with Gasteiger partial charge in [-0.05, 0) is 38.5 Å². The van der Waals surface area contributed by atoms with Crippen molar-refractivity contribution in [3.05, 3.63) is 35.9 Å². The molecule has 0 bridgehead atoms. The third kappa shape index (κ3) is 5.56. The standard InChI is InChI=1S/C18H28N4O.2ClH/c1-20-9-7-16(8-10-20)21-11-13-22(14-12-21)18(23)17(19)15-5-3-2-4-6-15;;/h2-6,16-17H,7-14,19H2,1H3;2*1H/t17-;;/m1../s1. The number of carbonyl (C=O) groups excluding carboxylic acids is 1. The quantitative estimate of drug-likeness (QED) is 0.856. The number of halogens is 2. The van der Waals surface area contributed by atoms with E-state index in [0.29, 0.717) is 6.04 Å². The minimum atomic E-state index is -0.536. The van der Waals surface area contributed by atoms with Gasteiger partial charge in [0.25, 0.3) is 0 Å². The molecule has 5 nitrogen and oxygen atoms in total. The van der Waals surface area contributed by atoms with Crippen LogP contribution in [0.25, 0.3) is 0 Å². The lowest BCUT2D eigenvalue weighted by molar-refractivity contribution is -0.135. The predicted molar refractivity (Wildman–Crippen MR) is 107 cm³/mol. The van der Waals surface area contributed by atoms with E-state index in [1.165, 1.54) is 25.9 Å². The molecule has 1 atom stereocenters. The average Bonchev–Trinajstić information content (AvgIpc) is 2.62. The first-order chi connectivity index (χ1) is 11.1. The van der Waals surface area contributed by atoms with Crippen LogP contribution >= 0.6 is 24.8 Å². The Labute approximate surface area is 163 Å². The minimum Gasteiger partial charge on any atom is -0.338 e. The number of hydrogen-bond donors (Lipinski definition) is 1. The Kier molecular flexibility index (Phi) is 9.17. The fourth-order valence-corrected chi connectivity index (χ4v) is 3.67. The van der Waals surface area contributed by atoms with Crippen molar-refractivity contribution < 1.29 is 4.79 Å². The van der Waals surface area contributed by atoms with Crippen molar-refractivity contribution in [1.29, 1.82) is 0 Å². The van der Waals surface area contributed by atoms with Crippen LogP contribution in [0.3, 0.4) is 0 Å². The lowest BCUT2D eigenvalue weighted by atomic mass is 10.0. The molecule has 2 aliphatic rings. The van der Waals surface area contributed by atoms with Gasteiger partial charge in [-0.2, -0.15) is 0 Å².